The second-order valence-electron chi connectivity index (χ2n) is 4.85. The third kappa shape index (κ3) is 4.09. The Hall–Kier alpha value is -2.28. The van der Waals surface area contributed by atoms with Crippen LogP contribution in [0.25, 0.3) is 0 Å². The molecular weight excluding hydrogens is 276 g/mol. The lowest BCUT2D eigenvalue weighted by Gasteiger charge is -2.26. The minimum absolute atomic E-state index is 0.132. The van der Waals surface area contributed by atoms with Crippen LogP contribution in [0.1, 0.15) is 18.9 Å². The molecule has 2 atom stereocenters. The Morgan fingerprint density at radius 3 is 2.38 bits per heavy atom. The summed E-state index contributed by atoms with van der Waals surface area (Å²) in [5.41, 5.74) is 6.37. The van der Waals surface area contributed by atoms with Gasteiger partial charge in [0.25, 0.3) is 0 Å². The first-order chi connectivity index (χ1) is 9.77. The summed E-state index contributed by atoms with van der Waals surface area (Å²) in [6, 6.07) is 2.31. The first-order valence-electron chi connectivity index (χ1n) is 6.53. The molecule has 0 aliphatic heterocycles. The second-order valence-corrected chi connectivity index (χ2v) is 4.85. The zero-order chi connectivity index (χ0) is 16.2. The molecule has 0 bridgehead atoms. The monoisotopic (exact) mass is 296 g/mol. The Labute approximate surface area is 122 Å². The van der Waals surface area contributed by atoms with Crippen LogP contribution < -0.4 is 5.73 Å². The minimum Gasteiger partial charge on any atom is -0.504 e. The van der Waals surface area contributed by atoms with E-state index in [1.165, 1.54) is 25.2 Å². The Balaban J connectivity index is 2.78. The van der Waals surface area contributed by atoms with Gasteiger partial charge in [0.2, 0.25) is 5.91 Å². The molecule has 0 aliphatic carbocycles. The quantitative estimate of drug-likeness (QED) is 0.559. The van der Waals surface area contributed by atoms with E-state index < -0.39 is 24.0 Å². The van der Waals surface area contributed by atoms with Gasteiger partial charge in [-0.15, -0.1) is 0 Å². The fourth-order valence-electron chi connectivity index (χ4n) is 2.07. The van der Waals surface area contributed by atoms with Crippen molar-refractivity contribution in [1.82, 2.24) is 4.90 Å². The molecule has 1 unspecified atom stereocenters. The maximum atomic E-state index is 12.1. The van der Waals surface area contributed by atoms with E-state index in [0.29, 0.717) is 5.56 Å². The molecule has 0 heterocycles. The van der Waals surface area contributed by atoms with E-state index in [9.17, 15) is 19.8 Å². The molecule has 0 saturated carbocycles. The zero-order valence-corrected chi connectivity index (χ0v) is 12.0. The average Bonchev–Trinajstić information content (AvgIpc) is 2.42. The topological polar surface area (TPSA) is 124 Å². The molecule has 0 aliphatic rings. The SMILES string of the molecule is CCC(C(=O)O)N(C)C(=O)[C@@H](N)Cc1ccc(O)c(O)c1. The number of rotatable bonds is 6. The Morgan fingerprint density at radius 2 is 1.90 bits per heavy atom. The van der Waals surface area contributed by atoms with Crippen molar-refractivity contribution in [3.05, 3.63) is 23.8 Å². The van der Waals surface area contributed by atoms with Crippen LogP contribution in [0.15, 0.2) is 18.2 Å². The maximum absolute atomic E-state index is 12.1. The van der Waals surface area contributed by atoms with Crippen molar-refractivity contribution >= 4 is 11.9 Å². The van der Waals surface area contributed by atoms with E-state index in [2.05, 4.69) is 0 Å². The summed E-state index contributed by atoms with van der Waals surface area (Å²) in [5, 5.41) is 27.7. The molecule has 1 aromatic carbocycles. The summed E-state index contributed by atoms with van der Waals surface area (Å²) < 4.78 is 0. The van der Waals surface area contributed by atoms with Crippen molar-refractivity contribution < 1.29 is 24.9 Å². The number of carboxylic acid groups (broad SMARTS) is 1. The van der Waals surface area contributed by atoms with E-state index in [0.717, 1.165) is 4.90 Å². The number of phenols is 2. The number of carboxylic acids is 1. The van der Waals surface area contributed by atoms with Crippen LogP contribution in [0, 0.1) is 0 Å². The highest BCUT2D eigenvalue weighted by Gasteiger charge is 2.28. The van der Waals surface area contributed by atoms with Gasteiger partial charge in [0.05, 0.1) is 6.04 Å². The fraction of sp³-hybridized carbons (Fsp3) is 0.429. The fourth-order valence-corrected chi connectivity index (χ4v) is 2.07. The van der Waals surface area contributed by atoms with Crippen LogP contribution >= 0.6 is 0 Å². The molecule has 0 radical (unpaired) electrons. The van der Waals surface area contributed by atoms with Gasteiger partial charge in [-0.25, -0.2) is 4.79 Å². The first kappa shape index (κ1) is 16.8. The van der Waals surface area contributed by atoms with Crippen molar-refractivity contribution in [3.8, 4) is 11.5 Å². The molecule has 7 nitrogen and oxygen atoms in total. The molecule has 0 saturated heterocycles. The normalized spacial score (nSPS) is 13.5. The Bertz CT molecular complexity index is 532. The summed E-state index contributed by atoms with van der Waals surface area (Å²) in [5.74, 6) is -2.12. The van der Waals surface area contributed by atoms with Gasteiger partial charge in [0.1, 0.15) is 6.04 Å². The number of likely N-dealkylation sites (N-methyl/N-ethyl adjacent to an activating group) is 1. The Kier molecular flexibility index (Phi) is 5.54. The molecule has 1 rings (SSSR count). The van der Waals surface area contributed by atoms with Crippen LogP contribution in [-0.2, 0) is 16.0 Å². The summed E-state index contributed by atoms with van der Waals surface area (Å²) >= 11 is 0. The number of nitrogens with zero attached hydrogens (tertiary/aromatic N) is 1. The molecule has 116 valence electrons. The lowest BCUT2D eigenvalue weighted by molar-refractivity contribution is -0.149. The number of hydrogen-bond acceptors (Lipinski definition) is 5. The third-order valence-corrected chi connectivity index (χ3v) is 3.30. The average molecular weight is 296 g/mol. The van der Waals surface area contributed by atoms with E-state index in [-0.39, 0.29) is 24.3 Å². The number of phenolic OH excluding ortho intramolecular Hbond substituents is 2. The van der Waals surface area contributed by atoms with Crippen LogP contribution in [0.3, 0.4) is 0 Å². The van der Waals surface area contributed by atoms with Crippen molar-refractivity contribution in [2.45, 2.75) is 31.8 Å². The maximum Gasteiger partial charge on any atom is 0.326 e. The highest BCUT2D eigenvalue weighted by Crippen LogP contribution is 2.25. The van der Waals surface area contributed by atoms with E-state index in [4.69, 9.17) is 10.8 Å². The number of hydrogen-bond donors (Lipinski definition) is 4. The van der Waals surface area contributed by atoms with Gasteiger partial charge >= 0.3 is 5.97 Å². The van der Waals surface area contributed by atoms with Crippen LogP contribution in [-0.4, -0.2) is 51.2 Å². The van der Waals surface area contributed by atoms with Crippen molar-refractivity contribution in [2.24, 2.45) is 5.73 Å². The highest BCUT2D eigenvalue weighted by atomic mass is 16.4. The lowest BCUT2D eigenvalue weighted by Crippen LogP contribution is -2.49. The summed E-state index contributed by atoms with van der Waals surface area (Å²) in [6.07, 6.45) is 0.414. The van der Waals surface area contributed by atoms with Gasteiger partial charge in [-0.3, -0.25) is 4.79 Å². The zero-order valence-electron chi connectivity index (χ0n) is 12.0. The first-order valence-corrected chi connectivity index (χ1v) is 6.53. The number of carbonyl (C=O) groups excluding carboxylic acids is 1. The third-order valence-electron chi connectivity index (χ3n) is 3.30. The largest absolute Gasteiger partial charge is 0.504 e. The predicted octanol–water partition coefficient (Wildman–Crippen LogP) is 0.289. The van der Waals surface area contributed by atoms with Gasteiger partial charge < -0.3 is 26.0 Å². The molecule has 5 N–H and O–H groups in total. The second kappa shape index (κ2) is 6.94. The number of amides is 1. The molecular formula is C14H20N2O5. The molecule has 7 heteroatoms. The minimum atomic E-state index is -1.08. The van der Waals surface area contributed by atoms with E-state index in [1.54, 1.807) is 6.92 Å². The highest BCUT2D eigenvalue weighted by molar-refractivity contribution is 5.86. The number of aliphatic carboxylic acids is 1. The van der Waals surface area contributed by atoms with E-state index >= 15 is 0 Å². The molecule has 0 spiro atoms. The van der Waals surface area contributed by atoms with E-state index in [1.807, 2.05) is 0 Å². The van der Waals surface area contributed by atoms with Crippen molar-refractivity contribution in [2.75, 3.05) is 7.05 Å². The lowest BCUT2D eigenvalue weighted by atomic mass is 10.0. The predicted molar refractivity (Wildman–Crippen MR) is 75.9 cm³/mol. The van der Waals surface area contributed by atoms with Gasteiger partial charge in [-0.2, -0.15) is 0 Å². The standard InChI is InChI=1S/C14H20N2O5/c1-3-10(14(20)21)16(2)13(19)9(15)6-8-4-5-11(17)12(18)7-8/h4-5,7,9-10,17-18H,3,6,15H2,1-2H3,(H,20,21)/t9-,10?/m0/s1. The molecule has 21 heavy (non-hydrogen) atoms. The van der Waals surface area contributed by atoms with Crippen molar-refractivity contribution in [1.29, 1.82) is 0 Å². The van der Waals surface area contributed by atoms with Gasteiger partial charge in [-0.05, 0) is 30.5 Å². The number of aromatic hydroxyl groups is 2. The van der Waals surface area contributed by atoms with Crippen LogP contribution in [0.2, 0.25) is 0 Å². The van der Waals surface area contributed by atoms with Gasteiger partial charge in [-0.1, -0.05) is 13.0 Å². The smallest absolute Gasteiger partial charge is 0.326 e. The Morgan fingerprint density at radius 1 is 1.29 bits per heavy atom. The van der Waals surface area contributed by atoms with Gasteiger partial charge in [0.15, 0.2) is 11.5 Å². The molecule has 0 fully saturated rings. The van der Waals surface area contributed by atoms with Crippen LogP contribution in [0.4, 0.5) is 0 Å². The number of benzene rings is 1. The number of nitrogens with two attached hydrogens (primary N) is 1. The van der Waals surface area contributed by atoms with Crippen molar-refractivity contribution in [3.63, 3.8) is 0 Å². The molecule has 1 amide bonds. The summed E-state index contributed by atoms with van der Waals surface area (Å²) in [6.45, 7) is 1.67. The number of carbonyl (C=O) groups is 2. The summed E-state index contributed by atoms with van der Waals surface area (Å²) in [7, 11) is 1.40. The summed E-state index contributed by atoms with van der Waals surface area (Å²) in [4.78, 5) is 24.3. The van der Waals surface area contributed by atoms with Gasteiger partial charge in [0, 0.05) is 7.05 Å². The molecule has 1 aromatic rings. The van der Waals surface area contributed by atoms with Crippen LogP contribution in [0.5, 0.6) is 11.5 Å². The molecule has 0 aromatic heterocycles.